The number of esters is 1. The lowest BCUT2D eigenvalue weighted by Gasteiger charge is -2.25. The molecule has 102 valence electrons. The van der Waals surface area contributed by atoms with Crippen molar-refractivity contribution in [3.8, 4) is 0 Å². The Kier molecular flexibility index (Phi) is 3.85. The average molecular weight is 263 g/mol. The number of carbonyl (C=O) groups excluding carboxylic acids is 1. The molecule has 0 spiro atoms. The Labute approximate surface area is 111 Å². The van der Waals surface area contributed by atoms with Crippen molar-refractivity contribution in [3.05, 3.63) is 35.9 Å². The van der Waals surface area contributed by atoms with E-state index in [1.54, 1.807) is 11.9 Å². The third-order valence-electron chi connectivity index (χ3n) is 3.72. The summed E-state index contributed by atoms with van der Waals surface area (Å²) in [6, 6.07) is 8.58. The second-order valence-electron chi connectivity index (χ2n) is 4.74. The molecule has 0 unspecified atom stereocenters. The second kappa shape index (κ2) is 5.40. The summed E-state index contributed by atoms with van der Waals surface area (Å²) >= 11 is 0. The molecule has 0 saturated carbocycles. The molecule has 1 aromatic carbocycles. The van der Waals surface area contributed by atoms with Crippen molar-refractivity contribution in [2.45, 2.75) is 18.5 Å². The molecule has 0 radical (unpaired) electrons. The number of rotatable bonds is 3. The number of aliphatic carboxylic acids is 1. The Hall–Kier alpha value is -1.88. The minimum absolute atomic E-state index is 0.276. The van der Waals surface area contributed by atoms with Crippen LogP contribution in [0, 0.1) is 5.92 Å². The lowest BCUT2D eigenvalue weighted by Crippen LogP contribution is -2.35. The smallest absolute Gasteiger partial charge is 0.323 e. The minimum Gasteiger partial charge on any atom is -0.481 e. The van der Waals surface area contributed by atoms with Gasteiger partial charge < -0.3 is 9.84 Å². The maximum absolute atomic E-state index is 11.7. The molecule has 0 aliphatic carbocycles. The molecule has 1 aliphatic heterocycles. The Balaban J connectivity index is 2.34. The van der Waals surface area contributed by atoms with Crippen molar-refractivity contribution in [2.24, 2.45) is 5.92 Å². The van der Waals surface area contributed by atoms with Gasteiger partial charge in [0.1, 0.15) is 6.04 Å². The highest BCUT2D eigenvalue weighted by Gasteiger charge is 2.46. The number of nitrogens with zero attached hydrogens (tertiary/aromatic N) is 1. The van der Waals surface area contributed by atoms with Crippen LogP contribution in [-0.4, -0.2) is 42.1 Å². The summed E-state index contributed by atoms with van der Waals surface area (Å²) in [5, 5.41) is 9.36. The maximum atomic E-state index is 11.7. The van der Waals surface area contributed by atoms with Gasteiger partial charge in [0, 0.05) is 6.04 Å². The molecule has 0 bridgehead atoms. The van der Waals surface area contributed by atoms with Crippen LogP contribution in [0.5, 0.6) is 0 Å². The average Bonchev–Trinajstić information content (AvgIpc) is 2.77. The fraction of sp³-hybridized carbons (Fsp3) is 0.429. The van der Waals surface area contributed by atoms with Crippen LogP contribution in [0.25, 0.3) is 0 Å². The number of benzene rings is 1. The van der Waals surface area contributed by atoms with Gasteiger partial charge in [-0.15, -0.1) is 0 Å². The second-order valence-corrected chi connectivity index (χ2v) is 4.74. The first-order valence-electron chi connectivity index (χ1n) is 6.13. The number of likely N-dealkylation sites (N-methyl/N-ethyl adjacent to an activating group) is 1. The first-order chi connectivity index (χ1) is 9.06. The number of likely N-dealkylation sites (tertiary alicyclic amines) is 1. The van der Waals surface area contributed by atoms with Gasteiger partial charge in [-0.1, -0.05) is 30.3 Å². The lowest BCUT2D eigenvalue weighted by atomic mass is 9.93. The van der Waals surface area contributed by atoms with E-state index >= 15 is 0 Å². The highest BCUT2D eigenvalue weighted by molar-refractivity contribution is 5.79. The molecule has 3 atom stereocenters. The summed E-state index contributed by atoms with van der Waals surface area (Å²) in [5.74, 6) is -1.87. The SMILES string of the molecule is COC(=O)[C@@H]1C[C@H](C(=O)O)[C@H](c2ccccc2)N1C. The molecule has 19 heavy (non-hydrogen) atoms. The van der Waals surface area contributed by atoms with Crippen LogP contribution in [0.3, 0.4) is 0 Å². The molecule has 1 fully saturated rings. The van der Waals surface area contributed by atoms with Crippen molar-refractivity contribution in [1.29, 1.82) is 0 Å². The number of hydrogen-bond acceptors (Lipinski definition) is 4. The van der Waals surface area contributed by atoms with Gasteiger partial charge in [0.2, 0.25) is 0 Å². The van der Waals surface area contributed by atoms with E-state index in [1.807, 2.05) is 30.3 Å². The molecule has 5 nitrogen and oxygen atoms in total. The van der Waals surface area contributed by atoms with Gasteiger partial charge in [-0.25, -0.2) is 0 Å². The molecular formula is C14H17NO4. The number of carboxylic acid groups (broad SMARTS) is 1. The highest BCUT2D eigenvalue weighted by Crippen LogP contribution is 2.40. The molecule has 1 heterocycles. The Morgan fingerprint density at radius 1 is 1.32 bits per heavy atom. The van der Waals surface area contributed by atoms with Crippen LogP contribution in [-0.2, 0) is 14.3 Å². The molecular weight excluding hydrogens is 246 g/mol. The molecule has 1 aliphatic rings. The zero-order valence-electron chi connectivity index (χ0n) is 10.9. The first-order valence-corrected chi connectivity index (χ1v) is 6.13. The van der Waals surface area contributed by atoms with Gasteiger partial charge in [0.25, 0.3) is 0 Å². The summed E-state index contributed by atoms with van der Waals surface area (Å²) in [4.78, 5) is 24.9. The van der Waals surface area contributed by atoms with E-state index in [0.717, 1.165) is 5.56 Å². The molecule has 0 amide bonds. The van der Waals surface area contributed by atoms with E-state index in [4.69, 9.17) is 4.74 Å². The lowest BCUT2D eigenvalue weighted by molar-refractivity contribution is -0.145. The number of ether oxygens (including phenoxy) is 1. The van der Waals surface area contributed by atoms with Crippen molar-refractivity contribution in [2.75, 3.05) is 14.2 Å². The maximum Gasteiger partial charge on any atom is 0.323 e. The van der Waals surface area contributed by atoms with E-state index in [1.165, 1.54) is 7.11 Å². The number of carbonyl (C=O) groups is 2. The summed E-state index contributed by atoms with van der Waals surface area (Å²) in [6.45, 7) is 0. The van der Waals surface area contributed by atoms with Crippen LogP contribution >= 0.6 is 0 Å². The fourth-order valence-corrected chi connectivity index (χ4v) is 2.77. The number of hydrogen-bond donors (Lipinski definition) is 1. The summed E-state index contributed by atoms with van der Waals surface area (Å²) in [7, 11) is 3.09. The monoisotopic (exact) mass is 263 g/mol. The normalized spacial score (nSPS) is 27.2. The summed E-state index contributed by atoms with van der Waals surface area (Å²) in [5.41, 5.74) is 0.906. The van der Waals surface area contributed by atoms with E-state index in [-0.39, 0.29) is 18.4 Å². The zero-order chi connectivity index (χ0) is 14.0. The quantitative estimate of drug-likeness (QED) is 0.833. The topological polar surface area (TPSA) is 66.8 Å². The first kappa shape index (κ1) is 13.5. The van der Waals surface area contributed by atoms with Crippen LogP contribution in [0.2, 0.25) is 0 Å². The predicted molar refractivity (Wildman–Crippen MR) is 68.5 cm³/mol. The predicted octanol–water partition coefficient (Wildman–Crippen LogP) is 1.31. The fourth-order valence-electron chi connectivity index (χ4n) is 2.77. The van der Waals surface area contributed by atoms with Crippen LogP contribution in [0.15, 0.2) is 30.3 Å². The van der Waals surface area contributed by atoms with Crippen LogP contribution in [0.1, 0.15) is 18.0 Å². The highest BCUT2D eigenvalue weighted by atomic mass is 16.5. The largest absolute Gasteiger partial charge is 0.481 e. The van der Waals surface area contributed by atoms with Crippen molar-refractivity contribution in [3.63, 3.8) is 0 Å². The van der Waals surface area contributed by atoms with Crippen molar-refractivity contribution in [1.82, 2.24) is 4.90 Å². The third kappa shape index (κ3) is 2.46. The third-order valence-corrected chi connectivity index (χ3v) is 3.72. The zero-order valence-corrected chi connectivity index (χ0v) is 10.9. The van der Waals surface area contributed by atoms with Gasteiger partial charge in [0.15, 0.2) is 0 Å². The number of methoxy groups -OCH3 is 1. The number of carboxylic acids is 1. The van der Waals surface area contributed by atoms with Crippen LogP contribution < -0.4 is 0 Å². The van der Waals surface area contributed by atoms with Crippen molar-refractivity contribution < 1.29 is 19.4 Å². The standard InChI is InChI=1S/C14H17NO4/c1-15-11(14(18)19-2)8-10(13(16)17)12(15)9-6-4-3-5-7-9/h3-7,10-12H,8H2,1-2H3,(H,16,17)/t10-,11-,12-/m0/s1. The molecule has 0 aromatic heterocycles. The van der Waals surface area contributed by atoms with E-state index in [2.05, 4.69) is 0 Å². The van der Waals surface area contributed by atoms with Gasteiger partial charge in [-0.05, 0) is 19.0 Å². The summed E-state index contributed by atoms with van der Waals surface area (Å²) in [6.07, 6.45) is 0.276. The Morgan fingerprint density at radius 3 is 2.47 bits per heavy atom. The molecule has 2 rings (SSSR count). The molecule has 1 N–H and O–H groups in total. The van der Waals surface area contributed by atoms with Gasteiger partial charge in [-0.2, -0.15) is 0 Å². The van der Waals surface area contributed by atoms with Gasteiger partial charge in [-0.3, -0.25) is 14.5 Å². The minimum atomic E-state index is -0.882. The summed E-state index contributed by atoms with van der Waals surface area (Å²) < 4.78 is 4.74. The van der Waals surface area contributed by atoms with Gasteiger partial charge >= 0.3 is 11.9 Å². The van der Waals surface area contributed by atoms with Crippen molar-refractivity contribution >= 4 is 11.9 Å². The van der Waals surface area contributed by atoms with Crippen LogP contribution in [0.4, 0.5) is 0 Å². The Morgan fingerprint density at radius 2 is 1.95 bits per heavy atom. The molecule has 1 saturated heterocycles. The van der Waals surface area contributed by atoms with E-state index < -0.39 is 17.9 Å². The Bertz CT molecular complexity index is 474. The molecule has 1 aromatic rings. The van der Waals surface area contributed by atoms with E-state index in [0.29, 0.717) is 0 Å². The van der Waals surface area contributed by atoms with Gasteiger partial charge in [0.05, 0.1) is 13.0 Å². The molecule has 5 heteroatoms. The van der Waals surface area contributed by atoms with E-state index in [9.17, 15) is 14.7 Å².